The van der Waals surface area contributed by atoms with E-state index in [4.69, 9.17) is 4.74 Å². The molecular weight excluding hydrogens is 202 g/mol. The maximum absolute atomic E-state index is 9.81. The number of anilines is 1. The summed E-state index contributed by atoms with van der Waals surface area (Å²) in [5.41, 5.74) is 1.05. The highest BCUT2D eigenvalue weighted by molar-refractivity contribution is 5.50. The van der Waals surface area contributed by atoms with Crippen molar-refractivity contribution in [1.29, 1.82) is 0 Å². The van der Waals surface area contributed by atoms with Gasteiger partial charge in [-0.3, -0.25) is 0 Å². The zero-order valence-electron chi connectivity index (χ0n) is 10.5. The van der Waals surface area contributed by atoms with Crippen molar-refractivity contribution >= 4 is 5.69 Å². The Morgan fingerprint density at radius 1 is 1.38 bits per heavy atom. The first-order valence-corrected chi connectivity index (χ1v) is 5.58. The maximum atomic E-state index is 9.81. The molecule has 0 aliphatic heterocycles. The lowest BCUT2D eigenvalue weighted by Gasteiger charge is -2.25. The molecule has 3 heteroatoms. The molecule has 0 heterocycles. The van der Waals surface area contributed by atoms with E-state index < -0.39 is 0 Å². The molecule has 0 amide bonds. The molecule has 1 N–H and O–H groups in total. The third-order valence-electron chi connectivity index (χ3n) is 2.72. The Morgan fingerprint density at radius 2 is 2.06 bits per heavy atom. The van der Waals surface area contributed by atoms with Gasteiger partial charge >= 0.3 is 0 Å². The average Bonchev–Trinajstić information content (AvgIpc) is 2.28. The van der Waals surface area contributed by atoms with E-state index in [0.29, 0.717) is 6.54 Å². The number of hydrogen-bond acceptors (Lipinski definition) is 3. The molecular formula is C13H21NO2. The van der Waals surface area contributed by atoms with Crippen molar-refractivity contribution in [2.45, 2.75) is 20.0 Å². The average molecular weight is 223 g/mol. The lowest BCUT2D eigenvalue weighted by atomic mass is 10.1. The number of nitrogens with zero attached hydrogens (tertiary/aromatic N) is 1. The zero-order valence-corrected chi connectivity index (χ0v) is 10.5. The molecule has 16 heavy (non-hydrogen) atoms. The van der Waals surface area contributed by atoms with E-state index in [1.165, 1.54) is 0 Å². The zero-order chi connectivity index (χ0) is 12.1. The van der Waals surface area contributed by atoms with Gasteiger partial charge in [0.15, 0.2) is 0 Å². The van der Waals surface area contributed by atoms with Crippen molar-refractivity contribution in [2.24, 2.45) is 5.92 Å². The van der Waals surface area contributed by atoms with Crippen LogP contribution in [-0.2, 0) is 0 Å². The molecule has 0 aliphatic carbocycles. The second-order valence-electron chi connectivity index (χ2n) is 4.39. The van der Waals surface area contributed by atoms with Gasteiger partial charge in [0.2, 0.25) is 0 Å². The number of hydrogen-bond donors (Lipinski definition) is 1. The molecule has 90 valence electrons. The molecule has 1 aromatic carbocycles. The first kappa shape index (κ1) is 12.8. The van der Waals surface area contributed by atoms with Crippen LogP contribution in [0.4, 0.5) is 5.69 Å². The van der Waals surface area contributed by atoms with Crippen molar-refractivity contribution in [3.05, 3.63) is 24.3 Å². The molecule has 0 spiro atoms. The summed E-state index contributed by atoms with van der Waals surface area (Å²) >= 11 is 0. The topological polar surface area (TPSA) is 32.7 Å². The van der Waals surface area contributed by atoms with Crippen LogP contribution in [0, 0.1) is 5.92 Å². The summed E-state index contributed by atoms with van der Waals surface area (Å²) in [6, 6.07) is 7.84. The van der Waals surface area contributed by atoms with Crippen LogP contribution in [0.3, 0.4) is 0 Å². The third kappa shape index (κ3) is 3.42. The van der Waals surface area contributed by atoms with E-state index in [0.717, 1.165) is 11.4 Å². The Hall–Kier alpha value is -1.22. The minimum Gasteiger partial charge on any atom is -0.497 e. The van der Waals surface area contributed by atoms with Gasteiger partial charge in [-0.2, -0.15) is 0 Å². The molecule has 0 saturated carbocycles. The van der Waals surface area contributed by atoms with E-state index in [2.05, 4.69) is 0 Å². The number of methoxy groups -OCH3 is 1. The maximum Gasteiger partial charge on any atom is 0.120 e. The predicted octanol–water partition coefficient (Wildman–Crippen LogP) is 2.15. The van der Waals surface area contributed by atoms with E-state index in [-0.39, 0.29) is 12.0 Å². The van der Waals surface area contributed by atoms with Crippen molar-refractivity contribution in [2.75, 3.05) is 25.6 Å². The van der Waals surface area contributed by atoms with Crippen LogP contribution in [0.5, 0.6) is 5.75 Å². The predicted molar refractivity (Wildman–Crippen MR) is 67.1 cm³/mol. The van der Waals surface area contributed by atoms with Gasteiger partial charge in [0.05, 0.1) is 13.2 Å². The summed E-state index contributed by atoms with van der Waals surface area (Å²) in [6.07, 6.45) is -0.309. The highest BCUT2D eigenvalue weighted by Gasteiger charge is 2.12. The summed E-state index contributed by atoms with van der Waals surface area (Å²) in [6.45, 7) is 4.67. The summed E-state index contributed by atoms with van der Waals surface area (Å²) in [5.74, 6) is 1.11. The van der Waals surface area contributed by atoms with Crippen LogP contribution in [0.25, 0.3) is 0 Å². The van der Waals surface area contributed by atoms with E-state index in [9.17, 15) is 5.11 Å². The van der Waals surface area contributed by atoms with Crippen LogP contribution in [0.1, 0.15) is 13.8 Å². The fourth-order valence-electron chi connectivity index (χ4n) is 1.44. The fraction of sp³-hybridized carbons (Fsp3) is 0.538. The number of aliphatic hydroxyl groups excluding tert-OH is 1. The van der Waals surface area contributed by atoms with Crippen molar-refractivity contribution in [3.8, 4) is 5.75 Å². The SMILES string of the molecule is COc1cccc(N(C)CC(O)C(C)C)c1. The van der Waals surface area contributed by atoms with Gasteiger partial charge in [0, 0.05) is 25.3 Å². The van der Waals surface area contributed by atoms with Gasteiger partial charge in [0.1, 0.15) is 5.75 Å². The first-order valence-electron chi connectivity index (χ1n) is 5.58. The van der Waals surface area contributed by atoms with Gasteiger partial charge in [-0.05, 0) is 18.1 Å². The lowest BCUT2D eigenvalue weighted by molar-refractivity contribution is 0.132. The molecule has 0 saturated heterocycles. The number of ether oxygens (including phenoxy) is 1. The Morgan fingerprint density at radius 3 is 2.62 bits per heavy atom. The van der Waals surface area contributed by atoms with Crippen LogP contribution in [0.2, 0.25) is 0 Å². The number of benzene rings is 1. The van der Waals surface area contributed by atoms with Crippen molar-refractivity contribution in [3.63, 3.8) is 0 Å². The van der Waals surface area contributed by atoms with E-state index in [1.807, 2.05) is 50.1 Å². The van der Waals surface area contributed by atoms with Crippen LogP contribution < -0.4 is 9.64 Å². The molecule has 0 aliphatic rings. The molecule has 0 fully saturated rings. The molecule has 0 radical (unpaired) electrons. The van der Waals surface area contributed by atoms with Crippen molar-refractivity contribution in [1.82, 2.24) is 0 Å². The number of aliphatic hydroxyl groups is 1. The van der Waals surface area contributed by atoms with Gasteiger partial charge in [-0.15, -0.1) is 0 Å². The van der Waals surface area contributed by atoms with Crippen molar-refractivity contribution < 1.29 is 9.84 Å². The van der Waals surface area contributed by atoms with Crippen LogP contribution >= 0.6 is 0 Å². The Labute approximate surface area is 97.7 Å². The first-order chi connectivity index (χ1) is 7.54. The smallest absolute Gasteiger partial charge is 0.120 e. The second-order valence-corrected chi connectivity index (χ2v) is 4.39. The largest absolute Gasteiger partial charge is 0.497 e. The Balaban J connectivity index is 2.68. The van der Waals surface area contributed by atoms with Gasteiger partial charge in [0.25, 0.3) is 0 Å². The quantitative estimate of drug-likeness (QED) is 0.830. The summed E-state index contributed by atoms with van der Waals surface area (Å²) < 4.78 is 5.17. The highest BCUT2D eigenvalue weighted by Crippen LogP contribution is 2.20. The van der Waals surface area contributed by atoms with Crippen LogP contribution in [0.15, 0.2) is 24.3 Å². The van der Waals surface area contributed by atoms with E-state index in [1.54, 1.807) is 7.11 Å². The minimum atomic E-state index is -0.309. The van der Waals surface area contributed by atoms with Gasteiger partial charge in [-0.1, -0.05) is 19.9 Å². The molecule has 1 aromatic rings. The lowest BCUT2D eigenvalue weighted by Crippen LogP contribution is -2.32. The molecule has 0 bridgehead atoms. The standard InChI is InChI=1S/C13H21NO2/c1-10(2)13(15)9-14(3)11-6-5-7-12(8-11)16-4/h5-8,10,13,15H,9H2,1-4H3. The number of likely N-dealkylation sites (N-methyl/N-ethyl adjacent to an activating group) is 1. The number of rotatable bonds is 5. The Bertz CT molecular complexity index is 325. The monoisotopic (exact) mass is 223 g/mol. The molecule has 1 rings (SSSR count). The molecule has 3 nitrogen and oxygen atoms in total. The Kier molecular flexibility index (Phi) is 4.62. The molecule has 1 atom stereocenters. The minimum absolute atomic E-state index is 0.271. The second kappa shape index (κ2) is 5.75. The van der Waals surface area contributed by atoms with Gasteiger partial charge in [-0.25, -0.2) is 0 Å². The summed E-state index contributed by atoms with van der Waals surface area (Å²) in [4.78, 5) is 2.03. The van der Waals surface area contributed by atoms with Gasteiger partial charge < -0.3 is 14.7 Å². The molecule has 0 aromatic heterocycles. The summed E-state index contributed by atoms with van der Waals surface area (Å²) in [7, 11) is 3.63. The fourth-order valence-corrected chi connectivity index (χ4v) is 1.44. The third-order valence-corrected chi connectivity index (χ3v) is 2.72. The highest BCUT2D eigenvalue weighted by atomic mass is 16.5. The van der Waals surface area contributed by atoms with E-state index >= 15 is 0 Å². The summed E-state index contributed by atoms with van der Waals surface area (Å²) in [5, 5.41) is 9.81. The van der Waals surface area contributed by atoms with Crippen LogP contribution in [-0.4, -0.2) is 31.9 Å². The molecule has 1 unspecified atom stereocenters. The normalized spacial score (nSPS) is 12.6.